The van der Waals surface area contributed by atoms with Crippen LogP contribution in [0.5, 0.6) is 0 Å². The van der Waals surface area contributed by atoms with Crippen LogP contribution in [-0.4, -0.2) is 24.7 Å². The van der Waals surface area contributed by atoms with Gasteiger partial charge in [0.15, 0.2) is 0 Å². The molecule has 0 aromatic rings. The van der Waals surface area contributed by atoms with Gasteiger partial charge in [0.1, 0.15) is 6.42 Å². The second-order valence-corrected chi connectivity index (χ2v) is 3.79. The molecule has 3 nitrogen and oxygen atoms in total. The molecule has 0 heterocycles. The predicted molar refractivity (Wildman–Crippen MR) is 51.1 cm³/mol. The molecule has 0 bridgehead atoms. The van der Waals surface area contributed by atoms with Crippen molar-refractivity contribution in [3.8, 4) is 0 Å². The van der Waals surface area contributed by atoms with Crippen LogP contribution in [0.1, 0.15) is 26.7 Å². The Bertz CT molecular complexity index is 204. The van der Waals surface area contributed by atoms with Gasteiger partial charge in [-0.15, -0.1) is 0 Å². The minimum Gasteiger partial charge on any atom is -0.353 e. The normalized spacial score (nSPS) is 14.1. The Hall–Kier alpha value is -0.780. The maximum atomic E-state index is 11.9. The zero-order valence-corrected chi connectivity index (χ0v) is 8.90. The summed E-state index contributed by atoms with van der Waals surface area (Å²) < 4.78 is 35.6. The Morgan fingerprint density at radius 1 is 1.40 bits per heavy atom. The summed E-state index contributed by atoms with van der Waals surface area (Å²) in [6.07, 6.45) is -5.39. The van der Waals surface area contributed by atoms with Crippen LogP contribution < -0.4 is 11.1 Å². The van der Waals surface area contributed by atoms with Gasteiger partial charge in [0.05, 0.1) is 0 Å². The van der Waals surface area contributed by atoms with Gasteiger partial charge in [-0.3, -0.25) is 4.79 Å². The molecule has 90 valence electrons. The van der Waals surface area contributed by atoms with E-state index < -0.39 is 18.5 Å². The third kappa shape index (κ3) is 7.18. The van der Waals surface area contributed by atoms with E-state index in [1.54, 1.807) is 0 Å². The molecule has 0 aromatic carbocycles. The third-order valence-electron chi connectivity index (χ3n) is 1.99. The summed E-state index contributed by atoms with van der Waals surface area (Å²) >= 11 is 0. The molecule has 1 amide bonds. The van der Waals surface area contributed by atoms with Crippen molar-refractivity contribution in [2.24, 2.45) is 11.7 Å². The van der Waals surface area contributed by atoms with Crippen molar-refractivity contribution in [1.29, 1.82) is 0 Å². The lowest BCUT2D eigenvalue weighted by Crippen LogP contribution is -2.41. The first-order valence-corrected chi connectivity index (χ1v) is 4.82. The van der Waals surface area contributed by atoms with Crippen LogP contribution in [0.15, 0.2) is 0 Å². The highest BCUT2D eigenvalue weighted by Gasteiger charge is 2.32. The van der Waals surface area contributed by atoms with E-state index in [-0.39, 0.29) is 12.0 Å². The first-order valence-electron chi connectivity index (χ1n) is 4.82. The van der Waals surface area contributed by atoms with Crippen LogP contribution in [0.2, 0.25) is 0 Å². The maximum absolute atomic E-state index is 11.9. The van der Waals surface area contributed by atoms with Crippen LogP contribution in [0.3, 0.4) is 0 Å². The Morgan fingerprint density at radius 2 is 1.93 bits per heavy atom. The number of nitrogens with two attached hydrogens (primary N) is 1. The van der Waals surface area contributed by atoms with E-state index in [1.807, 2.05) is 13.8 Å². The largest absolute Gasteiger partial charge is 0.397 e. The van der Waals surface area contributed by atoms with Crippen LogP contribution in [0.4, 0.5) is 13.2 Å². The van der Waals surface area contributed by atoms with Crippen LogP contribution in [0.25, 0.3) is 0 Å². The summed E-state index contributed by atoms with van der Waals surface area (Å²) in [4.78, 5) is 11.0. The Balaban J connectivity index is 4.11. The third-order valence-corrected chi connectivity index (χ3v) is 1.99. The first-order chi connectivity index (χ1) is 6.76. The van der Waals surface area contributed by atoms with Crippen molar-refractivity contribution in [3.05, 3.63) is 0 Å². The summed E-state index contributed by atoms with van der Waals surface area (Å²) in [6.45, 7) is 4.00. The summed E-state index contributed by atoms with van der Waals surface area (Å²) in [6, 6.07) is -0.287. The fraction of sp³-hybridized carbons (Fsp3) is 0.889. The second-order valence-electron chi connectivity index (χ2n) is 3.79. The molecular weight excluding hydrogens is 209 g/mol. The number of rotatable bonds is 5. The molecule has 1 unspecified atom stereocenters. The molecule has 6 heteroatoms. The van der Waals surface area contributed by atoms with Gasteiger partial charge in [-0.2, -0.15) is 13.2 Å². The number of amides is 1. The molecule has 3 N–H and O–H groups in total. The highest BCUT2D eigenvalue weighted by Crippen LogP contribution is 2.19. The molecule has 15 heavy (non-hydrogen) atoms. The molecule has 1 atom stereocenters. The summed E-state index contributed by atoms with van der Waals surface area (Å²) in [5.74, 6) is -0.916. The predicted octanol–water partition coefficient (Wildman–Crippen LogP) is 1.43. The van der Waals surface area contributed by atoms with Crippen LogP contribution in [0, 0.1) is 5.92 Å². The molecule has 0 radical (unpaired) electrons. The van der Waals surface area contributed by atoms with Crippen molar-refractivity contribution in [2.45, 2.75) is 38.9 Å². The summed E-state index contributed by atoms with van der Waals surface area (Å²) in [5, 5.41) is 2.33. The average Bonchev–Trinajstić information content (AvgIpc) is 1.99. The standard InChI is InChI=1S/C9H17F3N2O/c1-6(2)7(3-4-13)14-8(15)5-9(10,11)12/h6-7H,3-5,13H2,1-2H3,(H,14,15). The lowest BCUT2D eigenvalue weighted by atomic mass is 10.0. The topological polar surface area (TPSA) is 55.1 Å². The molecule has 0 saturated carbocycles. The Kier molecular flexibility index (Phi) is 5.64. The maximum Gasteiger partial charge on any atom is 0.397 e. The van der Waals surface area contributed by atoms with E-state index in [0.29, 0.717) is 13.0 Å². The number of carbonyl (C=O) groups excluding carboxylic acids is 1. The Labute approximate surface area is 87.2 Å². The minimum absolute atomic E-state index is 0.0748. The van der Waals surface area contributed by atoms with Crippen molar-refractivity contribution in [2.75, 3.05) is 6.54 Å². The average molecular weight is 226 g/mol. The number of nitrogens with one attached hydrogen (secondary N) is 1. The summed E-state index contributed by atoms with van der Waals surface area (Å²) in [7, 11) is 0. The van der Waals surface area contributed by atoms with Gasteiger partial charge in [-0.1, -0.05) is 13.8 Å². The lowest BCUT2D eigenvalue weighted by molar-refractivity contribution is -0.154. The second kappa shape index (κ2) is 5.95. The molecule has 0 saturated heterocycles. The van der Waals surface area contributed by atoms with Gasteiger partial charge in [-0.05, 0) is 18.9 Å². The SMILES string of the molecule is CC(C)C(CCN)NC(=O)CC(F)(F)F. The first kappa shape index (κ1) is 14.2. The molecule has 0 spiro atoms. The van der Waals surface area contributed by atoms with Gasteiger partial charge >= 0.3 is 6.18 Å². The van der Waals surface area contributed by atoms with Crippen molar-refractivity contribution < 1.29 is 18.0 Å². The minimum atomic E-state index is -4.45. The molecule has 0 aliphatic carbocycles. The lowest BCUT2D eigenvalue weighted by Gasteiger charge is -2.22. The van der Waals surface area contributed by atoms with Gasteiger partial charge in [0.25, 0.3) is 0 Å². The van der Waals surface area contributed by atoms with Gasteiger partial charge in [0.2, 0.25) is 5.91 Å². The van der Waals surface area contributed by atoms with Crippen LogP contribution in [-0.2, 0) is 4.79 Å². The Morgan fingerprint density at radius 3 is 2.27 bits per heavy atom. The van der Waals surface area contributed by atoms with E-state index in [0.717, 1.165) is 0 Å². The number of halogens is 3. The zero-order chi connectivity index (χ0) is 12.1. The van der Waals surface area contributed by atoms with Crippen molar-refractivity contribution >= 4 is 5.91 Å². The molecular formula is C9H17F3N2O. The highest BCUT2D eigenvalue weighted by molar-refractivity contribution is 5.76. The fourth-order valence-corrected chi connectivity index (χ4v) is 1.19. The van der Waals surface area contributed by atoms with Gasteiger partial charge < -0.3 is 11.1 Å². The number of alkyl halides is 3. The molecule has 0 aliphatic heterocycles. The number of hydrogen-bond acceptors (Lipinski definition) is 2. The van der Waals surface area contributed by atoms with E-state index in [2.05, 4.69) is 5.32 Å². The van der Waals surface area contributed by atoms with E-state index in [1.165, 1.54) is 0 Å². The van der Waals surface area contributed by atoms with Gasteiger partial charge in [-0.25, -0.2) is 0 Å². The molecule has 0 aliphatic rings. The van der Waals surface area contributed by atoms with Crippen molar-refractivity contribution in [1.82, 2.24) is 5.32 Å². The monoisotopic (exact) mass is 226 g/mol. The van der Waals surface area contributed by atoms with E-state index >= 15 is 0 Å². The zero-order valence-electron chi connectivity index (χ0n) is 8.90. The summed E-state index contributed by atoms with van der Waals surface area (Å²) in [5.41, 5.74) is 5.30. The van der Waals surface area contributed by atoms with Crippen LogP contribution >= 0.6 is 0 Å². The molecule has 0 aromatic heterocycles. The van der Waals surface area contributed by atoms with Gasteiger partial charge in [0, 0.05) is 6.04 Å². The molecule has 0 rings (SSSR count). The van der Waals surface area contributed by atoms with E-state index in [9.17, 15) is 18.0 Å². The number of hydrogen-bond donors (Lipinski definition) is 2. The van der Waals surface area contributed by atoms with E-state index in [4.69, 9.17) is 5.73 Å². The highest BCUT2D eigenvalue weighted by atomic mass is 19.4. The fourth-order valence-electron chi connectivity index (χ4n) is 1.19. The number of carbonyl (C=O) groups is 1. The quantitative estimate of drug-likeness (QED) is 0.745. The smallest absolute Gasteiger partial charge is 0.353 e. The van der Waals surface area contributed by atoms with Crippen molar-refractivity contribution in [3.63, 3.8) is 0 Å². The molecule has 0 fully saturated rings.